The number of phenols is 3. The first-order chi connectivity index (χ1) is 20.1. The molecule has 0 spiro atoms. The van der Waals surface area contributed by atoms with Gasteiger partial charge in [0.15, 0.2) is 0 Å². The lowest BCUT2D eigenvalue weighted by atomic mass is 10.0. The molecule has 212 valence electrons. The number of carbonyl (C=O) groups excluding carboxylic acids is 3. The van der Waals surface area contributed by atoms with Gasteiger partial charge in [-0.1, -0.05) is 44.0 Å². The third-order valence-electron chi connectivity index (χ3n) is 5.33. The van der Waals surface area contributed by atoms with Gasteiger partial charge in [-0.25, -0.2) is 14.4 Å². The molecule has 9 nitrogen and oxygen atoms in total. The standard InChI is InChI=1S/C21H16O6.C12H10O3/c1-4-19(22)25-16-9-7-14(8-10-16)15-11-17(26-20(23)5-2)13-18(12-15)27-21(24)6-3;13-10-3-1-8(2-4-10)9-5-11(14)7-12(15)6-9/h4-13H,1-3H2;1-7,13-15H. The van der Waals surface area contributed by atoms with Crippen molar-refractivity contribution >= 4 is 17.9 Å². The molecule has 9 heteroatoms. The van der Waals surface area contributed by atoms with E-state index in [0.717, 1.165) is 23.8 Å². The Morgan fingerprint density at radius 3 is 1.26 bits per heavy atom. The van der Waals surface area contributed by atoms with Crippen LogP contribution in [0.25, 0.3) is 22.3 Å². The minimum atomic E-state index is -0.653. The molecule has 0 heterocycles. The number of carbonyl (C=O) groups is 3. The molecule has 4 rings (SSSR count). The molecule has 42 heavy (non-hydrogen) atoms. The maximum atomic E-state index is 11.5. The molecule has 0 aliphatic heterocycles. The molecule has 0 bridgehead atoms. The van der Waals surface area contributed by atoms with Gasteiger partial charge in [0.05, 0.1) is 0 Å². The molecule has 3 N–H and O–H groups in total. The van der Waals surface area contributed by atoms with E-state index in [4.69, 9.17) is 19.3 Å². The van der Waals surface area contributed by atoms with Crippen molar-refractivity contribution in [1.82, 2.24) is 0 Å². The predicted octanol–water partition coefficient (Wildman–Crippen LogP) is 6.10. The van der Waals surface area contributed by atoms with Crippen molar-refractivity contribution in [2.45, 2.75) is 0 Å². The molecular formula is C33H26O9. The smallest absolute Gasteiger partial charge is 0.335 e. The van der Waals surface area contributed by atoms with E-state index >= 15 is 0 Å². The van der Waals surface area contributed by atoms with E-state index < -0.39 is 17.9 Å². The van der Waals surface area contributed by atoms with Gasteiger partial charge in [-0.3, -0.25) is 0 Å². The molecular weight excluding hydrogens is 540 g/mol. The number of phenolic OH excluding ortho intramolecular Hbond substituents is 3. The summed E-state index contributed by atoms with van der Waals surface area (Å²) in [6.45, 7) is 10.0. The van der Waals surface area contributed by atoms with Gasteiger partial charge >= 0.3 is 17.9 Å². The number of ether oxygens (including phenoxy) is 3. The third kappa shape index (κ3) is 8.99. The van der Waals surface area contributed by atoms with Crippen LogP contribution in [0.15, 0.2) is 123 Å². The second-order valence-corrected chi connectivity index (χ2v) is 8.38. The van der Waals surface area contributed by atoms with Crippen LogP contribution in [0.4, 0.5) is 0 Å². The monoisotopic (exact) mass is 566 g/mol. The van der Waals surface area contributed by atoms with Crippen molar-refractivity contribution in [3.63, 3.8) is 0 Å². The third-order valence-corrected chi connectivity index (χ3v) is 5.33. The average Bonchev–Trinajstić information content (AvgIpc) is 2.97. The lowest BCUT2D eigenvalue weighted by molar-refractivity contribution is -0.130. The van der Waals surface area contributed by atoms with Crippen LogP contribution in [0.2, 0.25) is 0 Å². The Labute approximate surface area is 241 Å². The Morgan fingerprint density at radius 1 is 0.452 bits per heavy atom. The second kappa shape index (κ2) is 14.3. The molecule has 0 unspecified atom stereocenters. The Hall–Kier alpha value is -6.09. The molecule has 4 aromatic carbocycles. The van der Waals surface area contributed by atoms with Gasteiger partial charge in [0.25, 0.3) is 0 Å². The summed E-state index contributed by atoms with van der Waals surface area (Å²) >= 11 is 0. The quantitative estimate of drug-likeness (QED) is 0.131. The molecule has 0 saturated carbocycles. The van der Waals surface area contributed by atoms with Crippen LogP contribution >= 0.6 is 0 Å². The van der Waals surface area contributed by atoms with E-state index in [1.165, 1.54) is 12.1 Å². The molecule has 0 aliphatic rings. The van der Waals surface area contributed by atoms with Gasteiger partial charge < -0.3 is 29.5 Å². The largest absolute Gasteiger partial charge is 0.508 e. The van der Waals surface area contributed by atoms with E-state index in [9.17, 15) is 24.6 Å². The molecule has 0 atom stereocenters. The van der Waals surface area contributed by atoms with Crippen LogP contribution in [0.1, 0.15) is 0 Å². The first kappa shape index (κ1) is 30.5. The normalized spacial score (nSPS) is 9.81. The van der Waals surface area contributed by atoms with Crippen molar-refractivity contribution in [3.05, 3.63) is 123 Å². The van der Waals surface area contributed by atoms with Crippen LogP contribution in [-0.2, 0) is 14.4 Å². The topological polar surface area (TPSA) is 140 Å². The summed E-state index contributed by atoms with van der Waals surface area (Å²) in [7, 11) is 0. The summed E-state index contributed by atoms with van der Waals surface area (Å²) in [5, 5.41) is 27.7. The van der Waals surface area contributed by atoms with Crippen molar-refractivity contribution in [1.29, 1.82) is 0 Å². The number of rotatable bonds is 8. The Balaban J connectivity index is 0.000000271. The first-order valence-electron chi connectivity index (χ1n) is 12.2. The van der Waals surface area contributed by atoms with Gasteiger partial charge in [0.1, 0.15) is 34.5 Å². The van der Waals surface area contributed by atoms with E-state index in [1.807, 2.05) is 0 Å². The fourth-order valence-electron chi connectivity index (χ4n) is 3.46. The van der Waals surface area contributed by atoms with Crippen molar-refractivity contribution < 1.29 is 43.9 Å². The Kier molecular flexibility index (Phi) is 10.4. The van der Waals surface area contributed by atoms with Crippen molar-refractivity contribution in [2.24, 2.45) is 0 Å². The zero-order valence-corrected chi connectivity index (χ0v) is 22.2. The van der Waals surface area contributed by atoms with Crippen molar-refractivity contribution in [3.8, 4) is 56.8 Å². The van der Waals surface area contributed by atoms with Gasteiger partial charge in [0.2, 0.25) is 0 Å². The summed E-state index contributed by atoms with van der Waals surface area (Å²) in [6, 6.07) is 22.0. The minimum Gasteiger partial charge on any atom is -0.508 e. The molecule has 0 radical (unpaired) electrons. The number of aromatic hydroxyl groups is 3. The second-order valence-electron chi connectivity index (χ2n) is 8.38. The van der Waals surface area contributed by atoms with E-state index in [-0.39, 0.29) is 28.7 Å². The van der Waals surface area contributed by atoms with E-state index in [2.05, 4.69) is 19.7 Å². The van der Waals surface area contributed by atoms with Crippen molar-refractivity contribution in [2.75, 3.05) is 0 Å². The van der Waals surface area contributed by atoms with Gasteiger partial charge in [-0.15, -0.1) is 0 Å². The highest BCUT2D eigenvalue weighted by Crippen LogP contribution is 2.32. The fraction of sp³-hybridized carbons (Fsp3) is 0. The first-order valence-corrected chi connectivity index (χ1v) is 12.2. The number of hydrogen-bond acceptors (Lipinski definition) is 9. The summed E-state index contributed by atoms with van der Waals surface area (Å²) in [4.78, 5) is 34.2. The van der Waals surface area contributed by atoms with Crippen LogP contribution in [0.3, 0.4) is 0 Å². The number of hydrogen-bond donors (Lipinski definition) is 3. The highest BCUT2D eigenvalue weighted by atomic mass is 16.5. The fourth-order valence-corrected chi connectivity index (χ4v) is 3.46. The van der Waals surface area contributed by atoms with Crippen LogP contribution < -0.4 is 14.2 Å². The van der Waals surface area contributed by atoms with E-state index in [0.29, 0.717) is 22.4 Å². The summed E-state index contributed by atoms with van der Waals surface area (Å²) in [6.07, 6.45) is 3.10. The van der Waals surface area contributed by atoms with Gasteiger partial charge in [-0.05, 0) is 70.8 Å². The summed E-state index contributed by atoms with van der Waals surface area (Å²) in [5.41, 5.74) is 2.84. The molecule has 0 aliphatic carbocycles. The van der Waals surface area contributed by atoms with Crippen LogP contribution in [0.5, 0.6) is 34.5 Å². The highest BCUT2D eigenvalue weighted by Gasteiger charge is 2.10. The predicted molar refractivity (Wildman–Crippen MR) is 156 cm³/mol. The zero-order valence-electron chi connectivity index (χ0n) is 22.2. The molecule has 0 amide bonds. The average molecular weight is 567 g/mol. The maximum Gasteiger partial charge on any atom is 0.335 e. The van der Waals surface area contributed by atoms with E-state index in [1.54, 1.807) is 72.8 Å². The number of esters is 3. The van der Waals surface area contributed by atoms with Gasteiger partial charge in [-0.2, -0.15) is 0 Å². The molecule has 4 aromatic rings. The van der Waals surface area contributed by atoms with Gasteiger partial charge in [0, 0.05) is 30.4 Å². The zero-order chi connectivity index (χ0) is 30.6. The maximum absolute atomic E-state index is 11.5. The SMILES string of the molecule is C=CC(=O)Oc1ccc(-c2cc(OC(=O)C=C)cc(OC(=O)C=C)c2)cc1.Oc1ccc(-c2cc(O)cc(O)c2)cc1. The Morgan fingerprint density at radius 2 is 0.833 bits per heavy atom. The summed E-state index contributed by atoms with van der Waals surface area (Å²) < 4.78 is 15.3. The minimum absolute atomic E-state index is 0.0121. The van der Waals surface area contributed by atoms with Crippen LogP contribution in [-0.4, -0.2) is 33.2 Å². The lowest BCUT2D eigenvalue weighted by Crippen LogP contribution is -2.06. The molecule has 0 fully saturated rings. The molecule has 0 saturated heterocycles. The van der Waals surface area contributed by atoms with Crippen LogP contribution in [0, 0.1) is 0 Å². The highest BCUT2D eigenvalue weighted by molar-refractivity contribution is 5.86. The number of benzene rings is 4. The summed E-state index contributed by atoms with van der Waals surface area (Å²) in [5.74, 6) is -0.979. The molecule has 0 aromatic heterocycles. The Bertz CT molecular complexity index is 1560. The lowest BCUT2D eigenvalue weighted by Gasteiger charge is -2.10.